The van der Waals surface area contributed by atoms with Crippen LogP contribution in [-0.4, -0.2) is 32.5 Å². The molecule has 0 aromatic carbocycles. The Bertz CT molecular complexity index is 549. The molecule has 24 heavy (non-hydrogen) atoms. The van der Waals surface area contributed by atoms with Gasteiger partial charge in [0.25, 0.3) is 0 Å². The smallest absolute Gasteiger partial charge is 0.230 e. The average molecular weight is 351 g/mol. The minimum absolute atomic E-state index is 0.0496. The third kappa shape index (κ3) is 5.10. The Kier molecular flexibility index (Phi) is 7.34. The lowest BCUT2D eigenvalue weighted by Gasteiger charge is -2.21. The van der Waals surface area contributed by atoms with Gasteiger partial charge in [-0.05, 0) is 25.7 Å². The molecule has 0 radical (unpaired) electrons. The van der Waals surface area contributed by atoms with Crippen molar-refractivity contribution < 1.29 is 4.79 Å². The second-order valence-corrected chi connectivity index (χ2v) is 7.91. The summed E-state index contributed by atoms with van der Waals surface area (Å²) in [6.45, 7) is 10.8. The number of amides is 1. The highest BCUT2D eigenvalue weighted by Gasteiger charge is 2.23. The van der Waals surface area contributed by atoms with Crippen molar-refractivity contribution >= 4 is 17.7 Å². The van der Waals surface area contributed by atoms with Crippen LogP contribution in [0, 0.1) is 5.92 Å². The predicted octanol–water partition coefficient (Wildman–Crippen LogP) is 3.76. The van der Waals surface area contributed by atoms with Crippen molar-refractivity contribution in [1.29, 1.82) is 0 Å². The number of thioether (sulfide) groups is 1. The molecule has 5 nitrogen and oxygen atoms in total. The fraction of sp³-hybridized carbons (Fsp3) is 0.722. The second kappa shape index (κ2) is 9.25. The first-order valence-electron chi connectivity index (χ1n) is 8.99. The maximum atomic E-state index is 12.1. The number of nitrogens with one attached hydrogen (secondary N) is 1. The number of carbonyl (C=O) groups is 1. The van der Waals surface area contributed by atoms with E-state index in [1.165, 1.54) is 43.9 Å². The van der Waals surface area contributed by atoms with Gasteiger partial charge in [-0.2, -0.15) is 0 Å². The number of allylic oxidation sites excluding steroid dienone is 1. The fourth-order valence-corrected chi connectivity index (χ4v) is 3.73. The summed E-state index contributed by atoms with van der Waals surface area (Å²) in [5, 5.41) is 12.6. The molecule has 1 aromatic heterocycles. The Balaban J connectivity index is 2.00. The molecule has 1 aliphatic carbocycles. The maximum absolute atomic E-state index is 12.1. The van der Waals surface area contributed by atoms with E-state index >= 15 is 0 Å². The van der Waals surface area contributed by atoms with Crippen molar-refractivity contribution in [3.8, 4) is 0 Å². The van der Waals surface area contributed by atoms with Crippen molar-refractivity contribution in [2.24, 2.45) is 5.92 Å². The summed E-state index contributed by atoms with van der Waals surface area (Å²) in [5.74, 6) is 2.41. The number of aromatic nitrogens is 3. The molecule has 1 saturated carbocycles. The number of hydrogen-bond donors (Lipinski definition) is 1. The fourth-order valence-electron chi connectivity index (χ4n) is 2.96. The zero-order valence-corrected chi connectivity index (χ0v) is 15.9. The number of nitrogens with zero attached hydrogens (tertiary/aromatic N) is 3. The van der Waals surface area contributed by atoms with Crippen LogP contribution in [0.25, 0.3) is 0 Å². The standard InChI is InChI=1S/C18H30N4OS/c1-5-11-22-17(15-9-7-6-8-10-15)20-21-18(22)24-12-16(23)19-14(4)13(2)3/h5,13-15H,1,6-12H2,2-4H3,(H,19,23). The minimum atomic E-state index is 0.0496. The molecule has 6 heteroatoms. The van der Waals surface area contributed by atoms with Gasteiger partial charge >= 0.3 is 0 Å². The van der Waals surface area contributed by atoms with Crippen LogP contribution in [0.3, 0.4) is 0 Å². The topological polar surface area (TPSA) is 59.8 Å². The zero-order valence-electron chi connectivity index (χ0n) is 15.1. The summed E-state index contributed by atoms with van der Waals surface area (Å²) < 4.78 is 2.13. The lowest BCUT2D eigenvalue weighted by Crippen LogP contribution is -2.37. The van der Waals surface area contributed by atoms with Crippen molar-refractivity contribution in [2.45, 2.75) is 76.5 Å². The van der Waals surface area contributed by atoms with E-state index in [0.717, 1.165) is 11.0 Å². The Labute approximate surface area is 149 Å². The van der Waals surface area contributed by atoms with E-state index < -0.39 is 0 Å². The Morgan fingerprint density at radius 1 is 1.33 bits per heavy atom. The van der Waals surface area contributed by atoms with Crippen LogP contribution in [0.2, 0.25) is 0 Å². The van der Waals surface area contributed by atoms with Gasteiger partial charge in [-0.1, -0.05) is 50.9 Å². The summed E-state index contributed by atoms with van der Waals surface area (Å²) in [6, 6.07) is 0.182. The molecule has 1 amide bonds. The zero-order chi connectivity index (χ0) is 17.5. The SMILES string of the molecule is C=CCn1c(SCC(=O)NC(C)C(C)C)nnc1C1CCCCC1. The first kappa shape index (κ1) is 19.0. The van der Waals surface area contributed by atoms with Crippen molar-refractivity contribution in [1.82, 2.24) is 20.1 Å². The van der Waals surface area contributed by atoms with Crippen LogP contribution in [0.1, 0.15) is 64.6 Å². The molecule has 1 aromatic rings. The molecular formula is C18H30N4OS. The van der Waals surface area contributed by atoms with Crippen LogP contribution in [0.15, 0.2) is 17.8 Å². The van der Waals surface area contributed by atoms with Gasteiger partial charge in [0.15, 0.2) is 5.16 Å². The summed E-state index contributed by atoms with van der Waals surface area (Å²) >= 11 is 1.46. The quantitative estimate of drug-likeness (QED) is 0.573. The summed E-state index contributed by atoms with van der Waals surface area (Å²) in [4.78, 5) is 12.1. The molecule has 0 bridgehead atoms. The molecular weight excluding hydrogens is 320 g/mol. The first-order chi connectivity index (χ1) is 11.5. The van der Waals surface area contributed by atoms with E-state index in [2.05, 4.69) is 40.5 Å². The van der Waals surface area contributed by atoms with Gasteiger partial charge in [0, 0.05) is 18.5 Å². The second-order valence-electron chi connectivity index (χ2n) is 6.96. The van der Waals surface area contributed by atoms with Crippen LogP contribution >= 0.6 is 11.8 Å². The van der Waals surface area contributed by atoms with Gasteiger partial charge in [0.2, 0.25) is 5.91 Å². The highest BCUT2D eigenvalue weighted by atomic mass is 32.2. The third-order valence-corrected chi connectivity index (χ3v) is 5.72. The van der Waals surface area contributed by atoms with Crippen LogP contribution in [-0.2, 0) is 11.3 Å². The largest absolute Gasteiger partial charge is 0.353 e. The third-order valence-electron chi connectivity index (χ3n) is 4.75. The van der Waals surface area contributed by atoms with E-state index in [9.17, 15) is 4.79 Å². The van der Waals surface area contributed by atoms with Crippen molar-refractivity contribution in [3.05, 3.63) is 18.5 Å². The van der Waals surface area contributed by atoms with E-state index in [-0.39, 0.29) is 11.9 Å². The lowest BCUT2D eigenvalue weighted by molar-refractivity contribution is -0.119. The molecule has 0 aliphatic heterocycles. The minimum Gasteiger partial charge on any atom is -0.353 e. The van der Waals surface area contributed by atoms with E-state index in [1.807, 2.05) is 13.0 Å². The molecule has 2 rings (SSSR count). The lowest BCUT2D eigenvalue weighted by atomic mass is 9.89. The van der Waals surface area contributed by atoms with Gasteiger partial charge in [0.05, 0.1) is 5.75 Å². The highest BCUT2D eigenvalue weighted by Crippen LogP contribution is 2.33. The summed E-state index contributed by atoms with van der Waals surface area (Å²) in [6.07, 6.45) is 8.11. The molecule has 1 N–H and O–H groups in total. The molecule has 0 spiro atoms. The van der Waals surface area contributed by atoms with E-state index in [4.69, 9.17) is 0 Å². The van der Waals surface area contributed by atoms with Gasteiger partial charge in [0.1, 0.15) is 5.82 Å². The number of hydrogen-bond acceptors (Lipinski definition) is 4. The maximum Gasteiger partial charge on any atom is 0.230 e. The first-order valence-corrected chi connectivity index (χ1v) is 9.97. The van der Waals surface area contributed by atoms with Crippen molar-refractivity contribution in [3.63, 3.8) is 0 Å². The Morgan fingerprint density at radius 2 is 2.04 bits per heavy atom. The summed E-state index contributed by atoms with van der Waals surface area (Å²) in [5.41, 5.74) is 0. The van der Waals surface area contributed by atoms with Crippen molar-refractivity contribution in [2.75, 3.05) is 5.75 Å². The Hall–Kier alpha value is -1.30. The number of rotatable bonds is 8. The van der Waals surface area contributed by atoms with Crippen LogP contribution in [0.5, 0.6) is 0 Å². The van der Waals surface area contributed by atoms with Gasteiger partial charge in [-0.15, -0.1) is 16.8 Å². The molecule has 1 atom stereocenters. The van der Waals surface area contributed by atoms with E-state index in [0.29, 0.717) is 24.1 Å². The van der Waals surface area contributed by atoms with E-state index in [1.54, 1.807) is 0 Å². The normalized spacial score (nSPS) is 17.0. The number of carbonyl (C=O) groups excluding carboxylic acids is 1. The molecule has 1 heterocycles. The average Bonchev–Trinajstić information content (AvgIpc) is 2.97. The summed E-state index contributed by atoms with van der Waals surface area (Å²) in [7, 11) is 0. The predicted molar refractivity (Wildman–Crippen MR) is 99.2 cm³/mol. The van der Waals surface area contributed by atoms with Crippen LogP contribution in [0.4, 0.5) is 0 Å². The van der Waals surface area contributed by atoms with Gasteiger partial charge in [-0.25, -0.2) is 0 Å². The highest BCUT2D eigenvalue weighted by molar-refractivity contribution is 7.99. The van der Waals surface area contributed by atoms with Gasteiger partial charge < -0.3 is 9.88 Å². The molecule has 1 aliphatic rings. The monoisotopic (exact) mass is 350 g/mol. The van der Waals surface area contributed by atoms with Gasteiger partial charge in [-0.3, -0.25) is 4.79 Å². The molecule has 134 valence electrons. The molecule has 1 fully saturated rings. The molecule has 0 saturated heterocycles. The molecule has 1 unspecified atom stereocenters. The Morgan fingerprint density at radius 3 is 2.67 bits per heavy atom. The van der Waals surface area contributed by atoms with Crippen LogP contribution < -0.4 is 5.32 Å².